The monoisotopic (exact) mass is 308 g/mol. The van der Waals surface area contributed by atoms with Crippen LogP contribution in [0.3, 0.4) is 0 Å². The summed E-state index contributed by atoms with van der Waals surface area (Å²) in [6, 6.07) is 9.69. The summed E-state index contributed by atoms with van der Waals surface area (Å²) >= 11 is 1.43. The van der Waals surface area contributed by atoms with Crippen LogP contribution in [-0.2, 0) is 14.3 Å². The van der Waals surface area contributed by atoms with Crippen molar-refractivity contribution in [3.8, 4) is 0 Å². The molecule has 0 aliphatic rings. The van der Waals surface area contributed by atoms with Crippen LogP contribution in [0, 0.1) is 0 Å². The number of hydrogen-bond donors (Lipinski definition) is 0. The number of unbranched alkanes of at least 4 members (excludes halogenated alkanes) is 3. The van der Waals surface area contributed by atoms with Gasteiger partial charge in [0.15, 0.2) is 11.9 Å². The number of hydrogen-bond acceptors (Lipinski definition) is 4. The Kier molecular flexibility index (Phi) is 8.83. The molecule has 1 aromatic rings. The van der Waals surface area contributed by atoms with Crippen molar-refractivity contribution in [2.24, 2.45) is 0 Å². The molecule has 0 unspecified atom stereocenters. The van der Waals surface area contributed by atoms with E-state index in [0.29, 0.717) is 6.42 Å². The highest BCUT2D eigenvalue weighted by Crippen LogP contribution is 2.18. The van der Waals surface area contributed by atoms with Crippen molar-refractivity contribution in [1.82, 2.24) is 0 Å². The molecule has 0 spiro atoms. The molecule has 1 rings (SSSR count). The molecule has 116 valence electrons. The standard InChI is InChI=1S/C17H24O3S/c1-3-4-5-9-12-16(14(2)18)20-17(19)13-21-15-10-7-6-8-11-15/h6-8,10-11,16H,3-5,9,12-13H2,1-2H3/t16-/m1/s1. The molecule has 1 aromatic carbocycles. The lowest BCUT2D eigenvalue weighted by molar-refractivity contribution is -0.152. The van der Waals surface area contributed by atoms with Gasteiger partial charge in [-0.05, 0) is 31.9 Å². The summed E-state index contributed by atoms with van der Waals surface area (Å²) in [7, 11) is 0. The number of carbonyl (C=O) groups is 2. The van der Waals surface area contributed by atoms with Crippen LogP contribution in [0.1, 0.15) is 46.0 Å². The van der Waals surface area contributed by atoms with Gasteiger partial charge in [-0.1, -0.05) is 44.4 Å². The zero-order valence-electron chi connectivity index (χ0n) is 12.8. The third-order valence-electron chi connectivity index (χ3n) is 3.15. The molecule has 0 aliphatic carbocycles. The van der Waals surface area contributed by atoms with Crippen LogP contribution in [0.15, 0.2) is 35.2 Å². The number of ether oxygens (including phenoxy) is 1. The lowest BCUT2D eigenvalue weighted by atomic mass is 10.1. The molecule has 0 bridgehead atoms. The van der Waals surface area contributed by atoms with Crippen molar-refractivity contribution in [1.29, 1.82) is 0 Å². The predicted octanol–water partition coefficient (Wildman–Crippen LogP) is 4.25. The molecule has 3 nitrogen and oxygen atoms in total. The highest BCUT2D eigenvalue weighted by molar-refractivity contribution is 8.00. The molecule has 0 aliphatic heterocycles. The van der Waals surface area contributed by atoms with E-state index in [1.807, 2.05) is 30.3 Å². The molecule has 0 N–H and O–H groups in total. The van der Waals surface area contributed by atoms with Gasteiger partial charge in [0.05, 0.1) is 5.75 Å². The van der Waals surface area contributed by atoms with Crippen LogP contribution >= 0.6 is 11.8 Å². The molecule has 0 heterocycles. The summed E-state index contributed by atoms with van der Waals surface area (Å²) in [6.45, 7) is 3.63. The Labute approximate surface area is 131 Å². The molecule has 1 atom stereocenters. The second-order valence-electron chi connectivity index (χ2n) is 5.04. The van der Waals surface area contributed by atoms with Crippen molar-refractivity contribution in [3.05, 3.63) is 30.3 Å². The predicted molar refractivity (Wildman–Crippen MR) is 86.5 cm³/mol. The fourth-order valence-corrected chi connectivity index (χ4v) is 2.66. The van der Waals surface area contributed by atoms with E-state index in [0.717, 1.165) is 30.6 Å². The molecule has 21 heavy (non-hydrogen) atoms. The summed E-state index contributed by atoms with van der Waals surface area (Å²) in [6.07, 6.45) is 4.37. The maximum atomic E-state index is 11.8. The average Bonchev–Trinajstić information content (AvgIpc) is 2.49. The Morgan fingerprint density at radius 3 is 2.48 bits per heavy atom. The third-order valence-corrected chi connectivity index (χ3v) is 4.13. The van der Waals surface area contributed by atoms with Gasteiger partial charge in [0.1, 0.15) is 0 Å². The molecular formula is C17H24O3S. The Morgan fingerprint density at radius 1 is 1.14 bits per heavy atom. The third kappa shape index (κ3) is 7.90. The maximum Gasteiger partial charge on any atom is 0.316 e. The van der Waals surface area contributed by atoms with Crippen LogP contribution in [0.25, 0.3) is 0 Å². The number of Topliss-reactive ketones (excluding diaryl/α,β-unsaturated/α-hetero) is 1. The molecule has 0 aromatic heterocycles. The number of rotatable bonds is 10. The highest BCUT2D eigenvalue weighted by Gasteiger charge is 2.18. The van der Waals surface area contributed by atoms with E-state index in [4.69, 9.17) is 4.74 Å². The van der Waals surface area contributed by atoms with Gasteiger partial charge in [-0.2, -0.15) is 0 Å². The zero-order chi connectivity index (χ0) is 15.5. The van der Waals surface area contributed by atoms with Gasteiger partial charge in [0.25, 0.3) is 0 Å². The largest absolute Gasteiger partial charge is 0.454 e. The van der Waals surface area contributed by atoms with Crippen molar-refractivity contribution in [2.45, 2.75) is 57.0 Å². The van der Waals surface area contributed by atoms with Gasteiger partial charge in [-0.15, -0.1) is 11.8 Å². The summed E-state index contributed by atoms with van der Waals surface area (Å²) in [4.78, 5) is 24.4. The summed E-state index contributed by atoms with van der Waals surface area (Å²) in [5.74, 6) is -0.146. The van der Waals surface area contributed by atoms with Crippen LogP contribution < -0.4 is 0 Å². The summed E-state index contributed by atoms with van der Waals surface area (Å²) in [5.41, 5.74) is 0. The van der Waals surface area contributed by atoms with E-state index in [-0.39, 0.29) is 17.5 Å². The quantitative estimate of drug-likeness (QED) is 0.368. The van der Waals surface area contributed by atoms with E-state index in [1.165, 1.54) is 18.7 Å². The first kappa shape index (κ1) is 17.8. The normalized spacial score (nSPS) is 11.9. The van der Waals surface area contributed by atoms with E-state index in [9.17, 15) is 9.59 Å². The first-order valence-electron chi connectivity index (χ1n) is 7.51. The number of esters is 1. The Bertz CT molecular complexity index is 431. The smallest absolute Gasteiger partial charge is 0.316 e. The lowest BCUT2D eigenvalue weighted by Crippen LogP contribution is -2.26. The topological polar surface area (TPSA) is 43.4 Å². The average molecular weight is 308 g/mol. The van der Waals surface area contributed by atoms with E-state index >= 15 is 0 Å². The minimum atomic E-state index is -0.578. The molecule has 0 saturated carbocycles. The van der Waals surface area contributed by atoms with E-state index in [2.05, 4.69) is 6.92 Å². The highest BCUT2D eigenvalue weighted by atomic mass is 32.2. The van der Waals surface area contributed by atoms with Crippen molar-refractivity contribution >= 4 is 23.5 Å². The summed E-state index contributed by atoms with van der Waals surface area (Å²) in [5, 5.41) is 0. The number of carbonyl (C=O) groups excluding carboxylic acids is 2. The van der Waals surface area contributed by atoms with Gasteiger partial charge in [0, 0.05) is 4.90 Å². The molecule has 0 fully saturated rings. The minimum absolute atomic E-state index is 0.0652. The fraction of sp³-hybridized carbons (Fsp3) is 0.529. The van der Waals surface area contributed by atoms with Crippen LogP contribution in [0.2, 0.25) is 0 Å². The van der Waals surface area contributed by atoms with Crippen molar-refractivity contribution < 1.29 is 14.3 Å². The van der Waals surface area contributed by atoms with Gasteiger partial charge in [-0.25, -0.2) is 0 Å². The van der Waals surface area contributed by atoms with Gasteiger partial charge in [-0.3, -0.25) is 9.59 Å². The number of benzene rings is 1. The van der Waals surface area contributed by atoms with Gasteiger partial charge >= 0.3 is 5.97 Å². The molecule has 4 heteroatoms. The Balaban J connectivity index is 2.33. The maximum absolute atomic E-state index is 11.8. The molecule has 0 radical (unpaired) electrons. The molecular weight excluding hydrogens is 284 g/mol. The van der Waals surface area contributed by atoms with Crippen LogP contribution in [-0.4, -0.2) is 23.6 Å². The number of ketones is 1. The van der Waals surface area contributed by atoms with Gasteiger partial charge < -0.3 is 4.74 Å². The van der Waals surface area contributed by atoms with Crippen LogP contribution in [0.5, 0.6) is 0 Å². The first-order chi connectivity index (χ1) is 10.1. The van der Waals surface area contributed by atoms with E-state index in [1.54, 1.807) is 0 Å². The molecule has 0 amide bonds. The molecule has 0 saturated heterocycles. The van der Waals surface area contributed by atoms with Crippen molar-refractivity contribution in [2.75, 3.05) is 5.75 Å². The number of thioether (sulfide) groups is 1. The SMILES string of the molecule is CCCCCC[C@@H](OC(=O)CSc1ccccc1)C(C)=O. The minimum Gasteiger partial charge on any atom is -0.454 e. The van der Waals surface area contributed by atoms with Crippen molar-refractivity contribution in [3.63, 3.8) is 0 Å². The first-order valence-corrected chi connectivity index (χ1v) is 8.49. The fourth-order valence-electron chi connectivity index (χ4n) is 1.95. The lowest BCUT2D eigenvalue weighted by Gasteiger charge is -2.15. The zero-order valence-corrected chi connectivity index (χ0v) is 13.7. The second kappa shape index (κ2) is 10.4. The summed E-state index contributed by atoms with van der Waals surface area (Å²) < 4.78 is 5.30. The van der Waals surface area contributed by atoms with Gasteiger partial charge in [0.2, 0.25) is 0 Å². The van der Waals surface area contributed by atoms with E-state index < -0.39 is 6.10 Å². The Morgan fingerprint density at radius 2 is 1.86 bits per heavy atom. The van der Waals surface area contributed by atoms with Crippen LogP contribution in [0.4, 0.5) is 0 Å². The Hall–Kier alpha value is -1.29. The second-order valence-corrected chi connectivity index (χ2v) is 6.09.